The second-order valence-corrected chi connectivity index (χ2v) is 9.28. The number of rotatable bonds is 8. The van der Waals surface area contributed by atoms with Crippen LogP contribution in [0.5, 0.6) is 0 Å². The zero-order valence-electron chi connectivity index (χ0n) is 19.3. The van der Waals surface area contributed by atoms with Crippen LogP contribution in [0.1, 0.15) is 33.5 Å². The van der Waals surface area contributed by atoms with E-state index in [2.05, 4.69) is 87.5 Å². The molecule has 170 valence electrons. The molecule has 33 heavy (non-hydrogen) atoms. The minimum atomic E-state index is 0.269. The highest BCUT2D eigenvalue weighted by atomic mass is 16.1. The highest BCUT2D eigenvalue weighted by Crippen LogP contribution is 2.30. The molecule has 0 radical (unpaired) electrons. The van der Waals surface area contributed by atoms with Gasteiger partial charge in [-0.05, 0) is 41.3 Å². The number of benzene rings is 3. The lowest BCUT2D eigenvalue weighted by Crippen LogP contribution is -2.46. The molecule has 2 aliphatic rings. The molecule has 1 fully saturated rings. The summed E-state index contributed by atoms with van der Waals surface area (Å²) in [4.78, 5) is 20.3. The van der Waals surface area contributed by atoms with E-state index in [0.717, 1.165) is 64.3 Å². The maximum atomic E-state index is 12.9. The van der Waals surface area contributed by atoms with E-state index in [1.165, 1.54) is 22.4 Å². The SMILES string of the molecule is O=C(CCN1CCN(Cc2ccccc2)CC1)c1ccc2c(c1)CCN2Cc1ccccc1. The molecule has 0 amide bonds. The predicted octanol–water partition coefficient (Wildman–Crippen LogP) is 4.64. The molecule has 0 atom stereocenters. The van der Waals surface area contributed by atoms with Crippen molar-refractivity contribution in [3.8, 4) is 0 Å². The fraction of sp³-hybridized carbons (Fsp3) is 0.345. The van der Waals surface area contributed by atoms with Crippen LogP contribution in [0.15, 0.2) is 78.9 Å². The molecule has 0 N–H and O–H groups in total. The van der Waals surface area contributed by atoms with Crippen LogP contribution >= 0.6 is 0 Å². The number of nitrogens with zero attached hydrogens (tertiary/aromatic N) is 3. The monoisotopic (exact) mass is 439 g/mol. The Morgan fingerprint density at radius 2 is 1.33 bits per heavy atom. The first-order chi connectivity index (χ1) is 16.2. The van der Waals surface area contributed by atoms with Crippen LogP contribution in [0, 0.1) is 0 Å². The summed E-state index contributed by atoms with van der Waals surface area (Å²) in [5.41, 5.74) is 6.17. The molecule has 1 saturated heterocycles. The van der Waals surface area contributed by atoms with Gasteiger partial charge in [-0.1, -0.05) is 60.7 Å². The Hall–Kier alpha value is -2.95. The summed E-state index contributed by atoms with van der Waals surface area (Å²) in [5.74, 6) is 0.269. The number of piperazine rings is 1. The lowest BCUT2D eigenvalue weighted by atomic mass is 10.0. The van der Waals surface area contributed by atoms with Gasteiger partial charge in [-0.2, -0.15) is 0 Å². The number of anilines is 1. The third kappa shape index (κ3) is 5.52. The van der Waals surface area contributed by atoms with Crippen molar-refractivity contribution in [3.63, 3.8) is 0 Å². The van der Waals surface area contributed by atoms with Gasteiger partial charge in [-0.15, -0.1) is 0 Å². The van der Waals surface area contributed by atoms with Crippen molar-refractivity contribution in [3.05, 3.63) is 101 Å². The van der Waals surface area contributed by atoms with Crippen molar-refractivity contribution in [1.82, 2.24) is 9.80 Å². The first kappa shape index (κ1) is 21.9. The average Bonchev–Trinajstić information content (AvgIpc) is 3.26. The Kier molecular flexibility index (Phi) is 6.84. The third-order valence-corrected chi connectivity index (χ3v) is 6.98. The molecule has 4 nitrogen and oxygen atoms in total. The Bertz CT molecular complexity index is 1060. The molecule has 5 rings (SSSR count). The van der Waals surface area contributed by atoms with Gasteiger partial charge in [0.1, 0.15) is 0 Å². The van der Waals surface area contributed by atoms with E-state index in [1.807, 2.05) is 6.07 Å². The molecule has 3 aromatic rings. The smallest absolute Gasteiger partial charge is 0.164 e. The summed E-state index contributed by atoms with van der Waals surface area (Å²) in [7, 11) is 0. The lowest BCUT2D eigenvalue weighted by molar-refractivity contribution is 0.0922. The van der Waals surface area contributed by atoms with Gasteiger partial charge in [0.25, 0.3) is 0 Å². The molecule has 0 spiro atoms. The van der Waals surface area contributed by atoms with E-state index in [1.54, 1.807) is 0 Å². The largest absolute Gasteiger partial charge is 0.367 e. The van der Waals surface area contributed by atoms with E-state index < -0.39 is 0 Å². The van der Waals surface area contributed by atoms with Crippen LogP contribution in [-0.2, 0) is 19.5 Å². The second kappa shape index (κ2) is 10.3. The maximum absolute atomic E-state index is 12.9. The van der Waals surface area contributed by atoms with Crippen molar-refractivity contribution in [2.24, 2.45) is 0 Å². The highest BCUT2D eigenvalue weighted by Gasteiger charge is 2.22. The summed E-state index contributed by atoms with van der Waals surface area (Å²) in [5, 5.41) is 0. The van der Waals surface area contributed by atoms with Crippen LogP contribution in [-0.4, -0.2) is 54.9 Å². The van der Waals surface area contributed by atoms with Crippen molar-refractivity contribution in [1.29, 1.82) is 0 Å². The fourth-order valence-electron chi connectivity index (χ4n) is 5.03. The van der Waals surface area contributed by atoms with E-state index in [9.17, 15) is 4.79 Å². The first-order valence-electron chi connectivity index (χ1n) is 12.2. The number of fused-ring (bicyclic) bond motifs is 1. The number of Topliss-reactive ketones (excluding diaryl/α,β-unsaturated/α-hetero) is 1. The molecule has 2 heterocycles. The number of carbonyl (C=O) groups is 1. The van der Waals surface area contributed by atoms with Gasteiger partial charge in [0, 0.05) is 70.0 Å². The van der Waals surface area contributed by atoms with Crippen LogP contribution < -0.4 is 4.90 Å². The second-order valence-electron chi connectivity index (χ2n) is 9.28. The van der Waals surface area contributed by atoms with E-state index in [-0.39, 0.29) is 5.78 Å². The number of ketones is 1. The number of carbonyl (C=O) groups excluding carboxylic acids is 1. The molecular formula is C29H33N3O. The quantitative estimate of drug-likeness (QED) is 0.478. The van der Waals surface area contributed by atoms with Gasteiger partial charge in [0.2, 0.25) is 0 Å². The summed E-state index contributed by atoms with van der Waals surface area (Å²) < 4.78 is 0. The zero-order chi connectivity index (χ0) is 22.5. The normalized spacial score (nSPS) is 16.7. The van der Waals surface area contributed by atoms with Gasteiger partial charge in [-0.3, -0.25) is 9.69 Å². The van der Waals surface area contributed by atoms with Crippen molar-refractivity contribution in [2.45, 2.75) is 25.9 Å². The summed E-state index contributed by atoms with van der Waals surface area (Å²) in [6, 6.07) is 27.6. The molecule has 0 bridgehead atoms. The Morgan fingerprint density at radius 3 is 2.03 bits per heavy atom. The number of hydrogen-bond acceptors (Lipinski definition) is 4. The predicted molar refractivity (Wildman–Crippen MR) is 135 cm³/mol. The first-order valence-corrected chi connectivity index (χ1v) is 12.2. The third-order valence-electron chi connectivity index (χ3n) is 6.98. The number of hydrogen-bond donors (Lipinski definition) is 0. The van der Waals surface area contributed by atoms with Crippen LogP contribution in [0.25, 0.3) is 0 Å². The van der Waals surface area contributed by atoms with Crippen molar-refractivity contribution >= 4 is 11.5 Å². The molecule has 0 aromatic heterocycles. The molecule has 0 aliphatic carbocycles. The maximum Gasteiger partial charge on any atom is 0.164 e. The summed E-state index contributed by atoms with van der Waals surface area (Å²) in [6.07, 6.45) is 1.62. The molecule has 4 heteroatoms. The van der Waals surface area contributed by atoms with Crippen molar-refractivity contribution < 1.29 is 4.79 Å². The Labute approximate surface area is 197 Å². The van der Waals surface area contributed by atoms with Crippen molar-refractivity contribution in [2.75, 3.05) is 44.2 Å². The zero-order valence-corrected chi connectivity index (χ0v) is 19.3. The van der Waals surface area contributed by atoms with Gasteiger partial charge in [-0.25, -0.2) is 0 Å². The Morgan fingerprint density at radius 1 is 0.697 bits per heavy atom. The molecule has 0 unspecified atom stereocenters. The van der Waals surface area contributed by atoms with Gasteiger partial charge in [0.15, 0.2) is 5.78 Å². The van der Waals surface area contributed by atoms with E-state index >= 15 is 0 Å². The topological polar surface area (TPSA) is 26.8 Å². The van der Waals surface area contributed by atoms with E-state index in [4.69, 9.17) is 0 Å². The molecule has 3 aromatic carbocycles. The van der Waals surface area contributed by atoms with Gasteiger partial charge >= 0.3 is 0 Å². The van der Waals surface area contributed by atoms with Gasteiger partial charge in [0.05, 0.1) is 0 Å². The molecule has 2 aliphatic heterocycles. The highest BCUT2D eigenvalue weighted by molar-refractivity contribution is 5.97. The Balaban J connectivity index is 1.10. The van der Waals surface area contributed by atoms with Crippen LogP contribution in [0.4, 0.5) is 5.69 Å². The van der Waals surface area contributed by atoms with Gasteiger partial charge < -0.3 is 9.80 Å². The average molecular weight is 440 g/mol. The summed E-state index contributed by atoms with van der Waals surface area (Å²) in [6.45, 7) is 8.04. The fourth-order valence-corrected chi connectivity index (χ4v) is 5.03. The molecule has 0 saturated carbocycles. The minimum Gasteiger partial charge on any atom is -0.367 e. The molecular weight excluding hydrogens is 406 g/mol. The minimum absolute atomic E-state index is 0.269. The van der Waals surface area contributed by atoms with Crippen LogP contribution in [0.3, 0.4) is 0 Å². The van der Waals surface area contributed by atoms with E-state index in [0.29, 0.717) is 6.42 Å². The van der Waals surface area contributed by atoms with Crippen LogP contribution in [0.2, 0.25) is 0 Å². The summed E-state index contributed by atoms with van der Waals surface area (Å²) >= 11 is 0. The standard InChI is InChI=1S/C29H33N3O/c33-29(14-15-30-17-19-31(20-18-30)22-24-7-3-1-4-8-24)27-11-12-28-26(21-27)13-16-32(28)23-25-9-5-2-6-10-25/h1-12,21H,13-20,22-23H2. The lowest BCUT2D eigenvalue weighted by Gasteiger charge is -2.34.